The highest BCUT2D eigenvalue weighted by Crippen LogP contribution is 2.52. The Morgan fingerprint density at radius 2 is 1.54 bits per heavy atom. The molecule has 5 rings (SSSR count). The third-order valence-electron chi connectivity index (χ3n) is 6.05. The summed E-state index contributed by atoms with van der Waals surface area (Å²) in [4.78, 5) is 25.8. The molecule has 3 heterocycles. The van der Waals surface area contributed by atoms with E-state index in [2.05, 4.69) is 10.6 Å². The molecule has 0 spiro atoms. The van der Waals surface area contributed by atoms with Gasteiger partial charge in [0, 0.05) is 12.6 Å². The lowest BCUT2D eigenvalue weighted by Crippen LogP contribution is -2.76. The van der Waals surface area contributed by atoms with Crippen LogP contribution in [0, 0.1) is 11.8 Å². The predicted molar refractivity (Wildman–Crippen MR) is 103 cm³/mol. The predicted octanol–water partition coefficient (Wildman–Crippen LogP) is 1.78. The Bertz CT molecular complexity index is 857. The number of methoxy groups -OCH3 is 2. The van der Waals surface area contributed by atoms with Crippen molar-refractivity contribution < 1.29 is 19.1 Å². The van der Waals surface area contributed by atoms with Gasteiger partial charge in [0.05, 0.1) is 37.6 Å². The summed E-state index contributed by atoms with van der Waals surface area (Å²) in [5, 5.41) is 7.21. The maximum atomic E-state index is 13.0. The van der Waals surface area contributed by atoms with E-state index in [0.29, 0.717) is 6.54 Å². The van der Waals surface area contributed by atoms with Crippen molar-refractivity contribution in [2.45, 2.75) is 17.6 Å². The van der Waals surface area contributed by atoms with Crippen LogP contribution in [0.15, 0.2) is 60.7 Å². The molecule has 2 N–H and O–H groups in total. The fraction of sp³-hybridized carbons (Fsp3) is 0.364. The number of piperazine rings is 1. The number of esters is 2. The summed E-state index contributed by atoms with van der Waals surface area (Å²) in [7, 11) is 2.72. The normalized spacial score (nSPS) is 31.2. The fourth-order valence-corrected chi connectivity index (χ4v) is 4.88. The molecular weight excluding hydrogens is 356 g/mol. The van der Waals surface area contributed by atoms with E-state index >= 15 is 0 Å². The summed E-state index contributed by atoms with van der Waals surface area (Å²) in [6.07, 6.45) is 0. The van der Waals surface area contributed by atoms with Crippen LogP contribution in [0.2, 0.25) is 0 Å². The van der Waals surface area contributed by atoms with Crippen LogP contribution >= 0.6 is 0 Å². The lowest BCUT2D eigenvalue weighted by atomic mass is 9.58. The Hall–Kier alpha value is -2.70. The minimum absolute atomic E-state index is 0.208. The van der Waals surface area contributed by atoms with Crippen LogP contribution in [0.4, 0.5) is 0 Å². The van der Waals surface area contributed by atoms with Gasteiger partial charge in [-0.3, -0.25) is 9.59 Å². The summed E-state index contributed by atoms with van der Waals surface area (Å²) in [5.74, 6) is -2.18. The summed E-state index contributed by atoms with van der Waals surface area (Å²) in [6, 6.07) is 19.3. The zero-order chi connectivity index (χ0) is 19.7. The molecule has 2 aromatic carbocycles. The van der Waals surface area contributed by atoms with Gasteiger partial charge in [0.25, 0.3) is 0 Å². The zero-order valence-corrected chi connectivity index (χ0v) is 15.9. The third kappa shape index (κ3) is 2.72. The average Bonchev–Trinajstić information content (AvgIpc) is 2.78. The van der Waals surface area contributed by atoms with Crippen molar-refractivity contribution in [3.63, 3.8) is 0 Å². The fourth-order valence-electron chi connectivity index (χ4n) is 4.88. The van der Waals surface area contributed by atoms with Crippen molar-refractivity contribution in [2.24, 2.45) is 11.8 Å². The van der Waals surface area contributed by atoms with Crippen molar-refractivity contribution in [1.82, 2.24) is 10.6 Å². The Morgan fingerprint density at radius 1 is 0.929 bits per heavy atom. The van der Waals surface area contributed by atoms with E-state index in [1.165, 1.54) is 14.2 Å². The van der Waals surface area contributed by atoms with E-state index in [1.54, 1.807) is 0 Å². The van der Waals surface area contributed by atoms with E-state index in [9.17, 15) is 9.59 Å². The lowest BCUT2D eigenvalue weighted by molar-refractivity contribution is -0.173. The molecule has 5 unspecified atom stereocenters. The number of nitrogens with one attached hydrogen (secondary N) is 2. The van der Waals surface area contributed by atoms with Gasteiger partial charge < -0.3 is 20.1 Å². The molecule has 2 bridgehead atoms. The summed E-state index contributed by atoms with van der Waals surface area (Å²) >= 11 is 0. The molecule has 2 aromatic rings. The van der Waals surface area contributed by atoms with Gasteiger partial charge in [0.15, 0.2) is 0 Å². The molecule has 3 aliphatic heterocycles. The molecule has 0 aromatic heterocycles. The molecule has 0 radical (unpaired) electrons. The highest BCUT2D eigenvalue weighted by molar-refractivity contribution is 5.85. The first-order valence-electron chi connectivity index (χ1n) is 9.40. The minimum Gasteiger partial charge on any atom is -0.469 e. The first-order valence-corrected chi connectivity index (χ1v) is 9.40. The van der Waals surface area contributed by atoms with Crippen LogP contribution in [0.3, 0.4) is 0 Å². The Balaban J connectivity index is 1.94. The standard InChI is InChI=1S/C22H24N2O4/c1-27-20(25)17-16-13-23-22(18(17)21(26)28-2,15-11-7-4-8-12-15)19(24-16)14-9-5-3-6-10-14/h3-12,16-19,23-24H,13H2,1-2H3. The Labute approximate surface area is 164 Å². The van der Waals surface area contributed by atoms with Gasteiger partial charge in [-0.1, -0.05) is 60.7 Å². The first kappa shape index (κ1) is 18.7. The van der Waals surface area contributed by atoms with Crippen LogP contribution in [-0.4, -0.2) is 38.7 Å². The van der Waals surface area contributed by atoms with Gasteiger partial charge in [-0.05, 0) is 11.1 Å². The quantitative estimate of drug-likeness (QED) is 0.788. The van der Waals surface area contributed by atoms with Crippen molar-refractivity contribution in [1.29, 1.82) is 0 Å². The maximum absolute atomic E-state index is 13.0. The van der Waals surface area contributed by atoms with Crippen LogP contribution < -0.4 is 10.6 Å². The third-order valence-corrected chi connectivity index (χ3v) is 6.05. The maximum Gasteiger partial charge on any atom is 0.311 e. The molecule has 3 saturated heterocycles. The molecule has 0 aliphatic carbocycles. The molecule has 6 heteroatoms. The average molecular weight is 380 g/mol. The van der Waals surface area contributed by atoms with E-state index in [1.807, 2.05) is 60.7 Å². The topological polar surface area (TPSA) is 76.7 Å². The van der Waals surface area contributed by atoms with Gasteiger partial charge in [0.1, 0.15) is 0 Å². The molecule has 146 valence electrons. The molecule has 0 amide bonds. The second-order valence-corrected chi connectivity index (χ2v) is 7.28. The number of hydrogen-bond donors (Lipinski definition) is 2. The van der Waals surface area contributed by atoms with Gasteiger partial charge in [-0.15, -0.1) is 0 Å². The number of carbonyl (C=O) groups excluding carboxylic acids is 2. The number of ether oxygens (including phenoxy) is 2. The van der Waals surface area contributed by atoms with E-state index in [0.717, 1.165) is 11.1 Å². The van der Waals surface area contributed by atoms with Gasteiger partial charge >= 0.3 is 11.9 Å². The minimum atomic E-state index is -0.844. The number of hydrogen-bond acceptors (Lipinski definition) is 6. The number of carbonyl (C=O) groups is 2. The summed E-state index contributed by atoms with van der Waals surface area (Å²) in [5.41, 5.74) is 1.13. The van der Waals surface area contributed by atoms with E-state index < -0.39 is 29.3 Å². The largest absolute Gasteiger partial charge is 0.469 e. The molecule has 3 aliphatic rings. The number of fused-ring (bicyclic) bond motifs is 3. The van der Waals surface area contributed by atoms with Crippen LogP contribution in [0.25, 0.3) is 0 Å². The zero-order valence-electron chi connectivity index (χ0n) is 15.9. The van der Waals surface area contributed by atoms with Crippen LogP contribution in [0.1, 0.15) is 17.2 Å². The second kappa shape index (κ2) is 7.37. The first-order chi connectivity index (χ1) is 13.6. The molecule has 3 fully saturated rings. The highest BCUT2D eigenvalue weighted by atomic mass is 16.5. The molecule has 6 nitrogen and oxygen atoms in total. The molecule has 0 saturated carbocycles. The second-order valence-electron chi connectivity index (χ2n) is 7.28. The summed E-state index contributed by atoms with van der Waals surface area (Å²) < 4.78 is 10.3. The Kier molecular flexibility index (Phi) is 4.91. The highest BCUT2D eigenvalue weighted by Gasteiger charge is 2.64. The van der Waals surface area contributed by atoms with Crippen molar-refractivity contribution in [2.75, 3.05) is 20.8 Å². The van der Waals surface area contributed by atoms with Crippen molar-refractivity contribution >= 4 is 11.9 Å². The van der Waals surface area contributed by atoms with Crippen molar-refractivity contribution in [3.05, 3.63) is 71.8 Å². The number of rotatable bonds is 4. The van der Waals surface area contributed by atoms with Gasteiger partial charge in [-0.2, -0.15) is 0 Å². The Morgan fingerprint density at radius 3 is 2.14 bits per heavy atom. The van der Waals surface area contributed by atoms with E-state index in [4.69, 9.17) is 9.47 Å². The smallest absolute Gasteiger partial charge is 0.311 e. The number of piperidine rings is 2. The SMILES string of the molecule is COC(=O)C1C2CNC(c3ccccc3)(C(c3ccccc3)N2)C1C(=O)OC. The van der Waals surface area contributed by atoms with Crippen LogP contribution in [0.5, 0.6) is 0 Å². The summed E-state index contributed by atoms with van der Waals surface area (Å²) in [6.45, 7) is 0.547. The molecular formula is C22H24N2O4. The van der Waals surface area contributed by atoms with Crippen molar-refractivity contribution in [3.8, 4) is 0 Å². The molecule has 5 atom stereocenters. The number of benzene rings is 2. The van der Waals surface area contributed by atoms with E-state index in [-0.39, 0.29) is 12.1 Å². The molecule has 28 heavy (non-hydrogen) atoms. The van der Waals surface area contributed by atoms with Crippen LogP contribution in [-0.2, 0) is 24.6 Å². The van der Waals surface area contributed by atoms with Gasteiger partial charge in [0.2, 0.25) is 0 Å². The monoisotopic (exact) mass is 380 g/mol. The van der Waals surface area contributed by atoms with Gasteiger partial charge in [-0.25, -0.2) is 0 Å². The lowest BCUT2D eigenvalue weighted by Gasteiger charge is -2.59.